The van der Waals surface area contributed by atoms with Crippen LogP contribution in [0, 0.1) is 29.2 Å². The lowest BCUT2D eigenvalue weighted by Gasteiger charge is -2.29. The summed E-state index contributed by atoms with van der Waals surface area (Å²) in [6.45, 7) is 3.36. The minimum Gasteiger partial charge on any atom is -0.429 e. The summed E-state index contributed by atoms with van der Waals surface area (Å²) in [5.41, 5.74) is -1.59. The monoisotopic (exact) mass is 650 g/mol. The van der Waals surface area contributed by atoms with Gasteiger partial charge in [-0.1, -0.05) is 62.6 Å². The average molecular weight is 651 g/mol. The summed E-state index contributed by atoms with van der Waals surface area (Å²) in [7, 11) is 0. The first-order valence-electron chi connectivity index (χ1n) is 14.7. The molecule has 4 aromatic rings. The molecule has 1 aliphatic rings. The van der Waals surface area contributed by atoms with Crippen molar-refractivity contribution in [2.75, 3.05) is 13.2 Å². The van der Waals surface area contributed by atoms with Crippen molar-refractivity contribution in [1.82, 2.24) is 0 Å². The molecule has 0 atom stereocenters. The van der Waals surface area contributed by atoms with Crippen LogP contribution in [0.4, 0.5) is 35.1 Å². The van der Waals surface area contributed by atoms with Crippen LogP contribution in [0.5, 0.6) is 5.75 Å². The van der Waals surface area contributed by atoms with Gasteiger partial charge in [-0.25, -0.2) is 26.3 Å². The van der Waals surface area contributed by atoms with Gasteiger partial charge < -0.3 is 14.2 Å². The number of unbranched alkanes of at least 4 members (excludes halogenated alkanes) is 2. The second-order valence-corrected chi connectivity index (χ2v) is 11.1. The van der Waals surface area contributed by atoms with E-state index in [4.69, 9.17) is 9.47 Å². The van der Waals surface area contributed by atoms with Crippen LogP contribution in [0.2, 0.25) is 0 Å². The lowest BCUT2D eigenvalue weighted by molar-refractivity contribution is -0.206. The number of halogens is 8. The van der Waals surface area contributed by atoms with Crippen molar-refractivity contribution in [1.29, 1.82) is 0 Å². The van der Waals surface area contributed by atoms with E-state index in [2.05, 4.69) is 11.7 Å². The first-order valence-corrected chi connectivity index (χ1v) is 14.7. The fraction of sp³-hybridized carbons (Fsp3) is 0.314. The topological polar surface area (TPSA) is 27.7 Å². The van der Waals surface area contributed by atoms with Crippen LogP contribution in [0.3, 0.4) is 0 Å². The molecule has 0 N–H and O–H groups in total. The summed E-state index contributed by atoms with van der Waals surface area (Å²) < 4.78 is 130. The Balaban J connectivity index is 1.29. The van der Waals surface area contributed by atoms with Gasteiger partial charge in [-0.3, -0.25) is 0 Å². The number of hydrogen-bond acceptors (Lipinski definition) is 3. The van der Waals surface area contributed by atoms with E-state index in [0.717, 1.165) is 30.9 Å². The summed E-state index contributed by atoms with van der Waals surface area (Å²) in [5.74, 6) is -6.50. The molecule has 0 aromatic heterocycles. The molecular weight excluding hydrogens is 620 g/mol. The van der Waals surface area contributed by atoms with Gasteiger partial charge in [-0.2, -0.15) is 8.78 Å². The van der Waals surface area contributed by atoms with Gasteiger partial charge in [0.05, 0.1) is 18.8 Å². The Bertz CT molecular complexity index is 1630. The van der Waals surface area contributed by atoms with Gasteiger partial charge in [0.2, 0.25) is 0 Å². The SMILES string of the molecule is CCCCCC1COC(c2ccc(-c3ccc(-c4cc(F)c(C(F)(F)Oc5ccc(C(F)F)c(F)c5)c(F)c4)c(F)c3)cc2)OC1. The average Bonchev–Trinajstić information content (AvgIpc) is 3.00. The molecule has 3 nitrogen and oxygen atoms in total. The maximum atomic E-state index is 15.2. The Kier molecular flexibility index (Phi) is 10.3. The third-order valence-electron chi connectivity index (χ3n) is 7.77. The Morgan fingerprint density at radius 2 is 1.37 bits per heavy atom. The first-order chi connectivity index (χ1) is 22.0. The zero-order valence-corrected chi connectivity index (χ0v) is 24.7. The molecule has 244 valence electrons. The van der Waals surface area contributed by atoms with Crippen molar-refractivity contribution < 1.29 is 49.3 Å². The summed E-state index contributed by atoms with van der Waals surface area (Å²) in [6.07, 6.45) is -3.87. The van der Waals surface area contributed by atoms with Crippen molar-refractivity contribution in [3.8, 4) is 28.0 Å². The van der Waals surface area contributed by atoms with Gasteiger partial charge in [-0.05, 0) is 53.4 Å². The molecule has 11 heteroatoms. The second kappa shape index (κ2) is 14.2. The molecule has 4 aromatic carbocycles. The predicted octanol–water partition coefficient (Wildman–Crippen LogP) is 10.9. The third-order valence-corrected chi connectivity index (χ3v) is 7.77. The number of rotatable bonds is 11. The summed E-state index contributed by atoms with van der Waals surface area (Å²) in [6, 6.07) is 13.5. The van der Waals surface area contributed by atoms with Crippen LogP contribution in [0.15, 0.2) is 72.8 Å². The minimum atomic E-state index is -4.66. The van der Waals surface area contributed by atoms with Gasteiger partial charge in [0.1, 0.15) is 34.6 Å². The maximum Gasteiger partial charge on any atom is 0.432 e. The number of benzene rings is 4. The molecule has 0 bridgehead atoms. The molecule has 1 heterocycles. The van der Waals surface area contributed by atoms with Gasteiger partial charge in [0.25, 0.3) is 6.43 Å². The highest BCUT2D eigenvalue weighted by atomic mass is 19.3. The van der Waals surface area contributed by atoms with Gasteiger partial charge in [-0.15, -0.1) is 0 Å². The number of alkyl halides is 4. The molecular formula is C35H30F8O3. The van der Waals surface area contributed by atoms with E-state index in [1.54, 1.807) is 24.3 Å². The Hall–Kier alpha value is -3.96. The summed E-state index contributed by atoms with van der Waals surface area (Å²) in [4.78, 5) is 0. The fourth-order valence-electron chi connectivity index (χ4n) is 5.30. The normalized spacial score (nSPS) is 17.0. The van der Waals surface area contributed by atoms with Crippen molar-refractivity contribution >= 4 is 0 Å². The molecule has 1 aliphatic heterocycles. The van der Waals surface area contributed by atoms with E-state index in [1.807, 2.05) is 0 Å². The Labute approximate surface area is 260 Å². The summed E-state index contributed by atoms with van der Waals surface area (Å²) >= 11 is 0. The van der Waals surface area contributed by atoms with Gasteiger partial charge >= 0.3 is 6.11 Å². The van der Waals surface area contributed by atoms with Crippen LogP contribution in [-0.2, 0) is 15.6 Å². The van der Waals surface area contributed by atoms with Crippen LogP contribution < -0.4 is 4.74 Å². The van der Waals surface area contributed by atoms with Crippen molar-refractivity contribution in [2.24, 2.45) is 5.92 Å². The lowest BCUT2D eigenvalue weighted by Crippen LogP contribution is -2.27. The number of ether oxygens (including phenoxy) is 3. The van der Waals surface area contributed by atoms with E-state index >= 15 is 4.39 Å². The highest BCUT2D eigenvalue weighted by Gasteiger charge is 2.41. The zero-order chi connectivity index (χ0) is 33.0. The lowest BCUT2D eigenvalue weighted by atomic mass is 9.97. The molecule has 0 saturated carbocycles. The number of hydrogen-bond donors (Lipinski definition) is 0. The van der Waals surface area contributed by atoms with Crippen LogP contribution >= 0.6 is 0 Å². The second-order valence-electron chi connectivity index (χ2n) is 11.1. The molecule has 0 amide bonds. The quantitative estimate of drug-likeness (QED) is 0.119. The van der Waals surface area contributed by atoms with E-state index in [9.17, 15) is 30.7 Å². The Morgan fingerprint density at radius 1 is 0.739 bits per heavy atom. The van der Waals surface area contributed by atoms with E-state index in [1.165, 1.54) is 18.6 Å². The van der Waals surface area contributed by atoms with Crippen molar-refractivity contribution in [3.05, 3.63) is 113 Å². The molecule has 5 rings (SSSR count). The smallest absolute Gasteiger partial charge is 0.429 e. The summed E-state index contributed by atoms with van der Waals surface area (Å²) in [5, 5.41) is 0. The highest BCUT2D eigenvalue weighted by molar-refractivity contribution is 5.71. The fourth-order valence-corrected chi connectivity index (χ4v) is 5.30. The predicted molar refractivity (Wildman–Crippen MR) is 155 cm³/mol. The first kappa shape index (κ1) is 33.4. The Morgan fingerprint density at radius 3 is 1.96 bits per heavy atom. The molecule has 0 unspecified atom stereocenters. The van der Waals surface area contributed by atoms with E-state index < -0.39 is 59.0 Å². The largest absolute Gasteiger partial charge is 0.432 e. The van der Waals surface area contributed by atoms with E-state index in [0.29, 0.717) is 54.5 Å². The van der Waals surface area contributed by atoms with Crippen LogP contribution in [-0.4, -0.2) is 13.2 Å². The standard InChI is InChI=1S/C35H30F8O3/c1-2-3-4-5-20-18-44-34(45-19-20)22-8-6-21(7-9-22)23-10-12-26(28(36)14-23)24-15-30(38)32(31(39)16-24)35(42,43)46-25-11-13-27(33(40)41)29(37)17-25/h6-17,20,33-34H,2-5,18-19H2,1H3. The molecule has 1 saturated heterocycles. The van der Waals surface area contributed by atoms with Crippen molar-refractivity contribution in [2.45, 2.75) is 51.4 Å². The van der Waals surface area contributed by atoms with Crippen molar-refractivity contribution in [3.63, 3.8) is 0 Å². The van der Waals surface area contributed by atoms with Gasteiger partial charge in [0.15, 0.2) is 6.29 Å². The van der Waals surface area contributed by atoms with Gasteiger partial charge in [0, 0.05) is 23.1 Å². The minimum absolute atomic E-state index is 0.254. The van der Waals surface area contributed by atoms with E-state index in [-0.39, 0.29) is 17.2 Å². The molecule has 0 radical (unpaired) electrons. The molecule has 1 fully saturated rings. The molecule has 46 heavy (non-hydrogen) atoms. The zero-order valence-electron chi connectivity index (χ0n) is 24.7. The molecule has 0 aliphatic carbocycles. The van der Waals surface area contributed by atoms with Crippen LogP contribution in [0.1, 0.15) is 62.0 Å². The maximum absolute atomic E-state index is 15.2. The third kappa shape index (κ3) is 7.53. The highest BCUT2D eigenvalue weighted by Crippen LogP contribution is 2.39. The van der Waals surface area contributed by atoms with Crippen LogP contribution in [0.25, 0.3) is 22.3 Å². The molecule has 0 spiro atoms.